The second-order valence-corrected chi connectivity index (χ2v) is 7.39. The number of rotatable bonds is 5. The van der Waals surface area contributed by atoms with Crippen LogP contribution >= 0.6 is 11.6 Å². The van der Waals surface area contributed by atoms with E-state index >= 15 is 0 Å². The highest BCUT2D eigenvalue weighted by Crippen LogP contribution is 2.36. The molecule has 2 N–H and O–H groups in total. The molecule has 3 rings (SSSR count). The molecule has 0 aliphatic heterocycles. The minimum atomic E-state index is -0.372. The van der Waals surface area contributed by atoms with Crippen LogP contribution in [0.25, 0.3) is 0 Å². The number of hydrogen-bond donors (Lipinski definition) is 1. The van der Waals surface area contributed by atoms with Gasteiger partial charge < -0.3 is 9.40 Å². The first-order valence-electron chi connectivity index (χ1n) is 8.72. The van der Waals surface area contributed by atoms with E-state index in [1.807, 2.05) is 24.3 Å². The SMILES string of the molecule is CC(C)c1nc2c(n1Cc1ccc(Cl)cc1)C(CC(=O)ON)CCC2. The van der Waals surface area contributed by atoms with Crippen molar-refractivity contribution in [2.24, 2.45) is 5.90 Å². The van der Waals surface area contributed by atoms with Crippen LogP contribution in [0.3, 0.4) is 0 Å². The Labute approximate surface area is 153 Å². The normalized spacial score (nSPS) is 16.8. The average Bonchev–Trinajstić information content (AvgIpc) is 2.96. The molecule has 6 heteroatoms. The van der Waals surface area contributed by atoms with Gasteiger partial charge >= 0.3 is 5.97 Å². The minimum absolute atomic E-state index is 0.104. The number of hydrogen-bond acceptors (Lipinski definition) is 4. The van der Waals surface area contributed by atoms with Gasteiger partial charge in [-0.2, -0.15) is 5.90 Å². The van der Waals surface area contributed by atoms with Crippen molar-refractivity contribution in [3.8, 4) is 0 Å². The molecule has 2 aromatic rings. The van der Waals surface area contributed by atoms with Crippen molar-refractivity contribution in [3.05, 3.63) is 52.1 Å². The third-order valence-corrected chi connectivity index (χ3v) is 5.03. The number of nitrogens with two attached hydrogens (primary N) is 1. The van der Waals surface area contributed by atoms with Gasteiger partial charge in [0.15, 0.2) is 0 Å². The molecule has 0 bridgehead atoms. The highest BCUT2D eigenvalue weighted by molar-refractivity contribution is 6.30. The van der Waals surface area contributed by atoms with E-state index in [-0.39, 0.29) is 11.9 Å². The maximum atomic E-state index is 11.7. The standard InChI is InChI=1S/C19H24ClN3O2/c1-12(2)19-22-16-5-3-4-14(10-17(24)25-21)18(16)23(19)11-13-6-8-15(20)9-7-13/h6-9,12,14H,3-5,10-11,21H2,1-2H3. The van der Waals surface area contributed by atoms with Crippen LogP contribution in [0.2, 0.25) is 5.02 Å². The van der Waals surface area contributed by atoms with Gasteiger partial charge in [-0.25, -0.2) is 4.98 Å². The first-order valence-corrected chi connectivity index (χ1v) is 9.10. The van der Waals surface area contributed by atoms with Crippen molar-refractivity contribution >= 4 is 17.6 Å². The van der Waals surface area contributed by atoms with Crippen molar-refractivity contribution in [2.45, 2.75) is 57.9 Å². The topological polar surface area (TPSA) is 70.1 Å². The summed E-state index contributed by atoms with van der Waals surface area (Å²) in [4.78, 5) is 21.1. The van der Waals surface area contributed by atoms with Crippen LogP contribution in [-0.4, -0.2) is 15.5 Å². The van der Waals surface area contributed by atoms with E-state index in [9.17, 15) is 4.79 Å². The number of aromatic nitrogens is 2. The second kappa shape index (κ2) is 7.58. The van der Waals surface area contributed by atoms with E-state index in [2.05, 4.69) is 23.3 Å². The van der Waals surface area contributed by atoms with E-state index in [0.717, 1.165) is 53.6 Å². The zero-order valence-corrected chi connectivity index (χ0v) is 15.4. The van der Waals surface area contributed by atoms with Crippen molar-refractivity contribution in [2.75, 3.05) is 0 Å². The number of carbonyl (C=O) groups excluding carboxylic acids is 1. The van der Waals surface area contributed by atoms with E-state index in [1.54, 1.807) is 0 Å². The van der Waals surface area contributed by atoms with Gasteiger partial charge in [-0.15, -0.1) is 0 Å². The molecule has 1 aromatic heterocycles. The van der Waals surface area contributed by atoms with E-state index in [0.29, 0.717) is 12.3 Å². The average molecular weight is 362 g/mol. The summed E-state index contributed by atoms with van der Waals surface area (Å²) in [6.45, 7) is 5.02. The second-order valence-electron chi connectivity index (χ2n) is 6.95. The fourth-order valence-electron chi connectivity index (χ4n) is 3.66. The molecular formula is C19H24ClN3O2. The smallest absolute Gasteiger partial charge is 0.325 e. The largest absolute Gasteiger partial charge is 0.373 e. The molecule has 1 aliphatic rings. The summed E-state index contributed by atoms with van der Waals surface area (Å²) < 4.78 is 2.27. The molecule has 1 aromatic carbocycles. The number of imidazole rings is 1. The van der Waals surface area contributed by atoms with Gasteiger partial charge in [0, 0.05) is 29.1 Å². The fraction of sp³-hybridized carbons (Fsp3) is 0.474. The number of halogens is 1. The van der Waals surface area contributed by atoms with Crippen LogP contribution in [0.5, 0.6) is 0 Å². The van der Waals surface area contributed by atoms with Crippen LogP contribution in [-0.2, 0) is 22.6 Å². The molecule has 0 fully saturated rings. The Morgan fingerprint density at radius 3 is 2.76 bits per heavy atom. The van der Waals surface area contributed by atoms with Gasteiger partial charge in [0.2, 0.25) is 0 Å². The first-order chi connectivity index (χ1) is 12.0. The molecule has 134 valence electrons. The van der Waals surface area contributed by atoms with Crippen LogP contribution in [0, 0.1) is 0 Å². The third-order valence-electron chi connectivity index (χ3n) is 4.78. The summed E-state index contributed by atoms with van der Waals surface area (Å²) in [7, 11) is 0. The Morgan fingerprint density at radius 1 is 1.40 bits per heavy atom. The van der Waals surface area contributed by atoms with Crippen LogP contribution in [0.4, 0.5) is 0 Å². The van der Waals surface area contributed by atoms with E-state index in [4.69, 9.17) is 22.5 Å². The summed E-state index contributed by atoms with van der Waals surface area (Å²) >= 11 is 6.00. The molecule has 1 heterocycles. The van der Waals surface area contributed by atoms with Gasteiger partial charge in [0.05, 0.1) is 12.1 Å². The number of nitrogens with zero attached hydrogens (tertiary/aromatic N) is 2. The number of fused-ring (bicyclic) bond motifs is 1. The summed E-state index contributed by atoms with van der Waals surface area (Å²) in [6.07, 6.45) is 3.24. The van der Waals surface area contributed by atoms with Crippen LogP contribution in [0.15, 0.2) is 24.3 Å². The molecular weight excluding hydrogens is 338 g/mol. The van der Waals surface area contributed by atoms with Crippen molar-refractivity contribution in [3.63, 3.8) is 0 Å². The third kappa shape index (κ3) is 3.88. The quantitative estimate of drug-likeness (QED) is 0.819. The lowest BCUT2D eigenvalue weighted by Crippen LogP contribution is -2.21. The monoisotopic (exact) mass is 361 g/mol. The van der Waals surface area contributed by atoms with Gasteiger partial charge in [0.25, 0.3) is 0 Å². The number of carbonyl (C=O) groups is 1. The molecule has 1 atom stereocenters. The zero-order valence-electron chi connectivity index (χ0n) is 14.7. The van der Waals surface area contributed by atoms with Gasteiger partial charge in [-0.1, -0.05) is 37.6 Å². The van der Waals surface area contributed by atoms with E-state index in [1.165, 1.54) is 0 Å². The van der Waals surface area contributed by atoms with Crippen molar-refractivity contribution in [1.82, 2.24) is 9.55 Å². The van der Waals surface area contributed by atoms with E-state index < -0.39 is 0 Å². The lowest BCUT2D eigenvalue weighted by atomic mass is 9.87. The predicted molar refractivity (Wildman–Crippen MR) is 97.4 cm³/mol. The lowest BCUT2D eigenvalue weighted by Gasteiger charge is -2.24. The molecule has 1 unspecified atom stereocenters. The molecule has 25 heavy (non-hydrogen) atoms. The zero-order chi connectivity index (χ0) is 18.0. The highest BCUT2D eigenvalue weighted by atomic mass is 35.5. The maximum absolute atomic E-state index is 11.7. The molecule has 1 aliphatic carbocycles. The summed E-state index contributed by atoms with van der Waals surface area (Å²) in [5.74, 6) is 6.15. The van der Waals surface area contributed by atoms with Crippen molar-refractivity contribution < 1.29 is 9.63 Å². The van der Waals surface area contributed by atoms with Crippen LogP contribution < -0.4 is 5.90 Å². The minimum Gasteiger partial charge on any atom is -0.373 e. The first kappa shape index (κ1) is 18.0. The summed E-state index contributed by atoms with van der Waals surface area (Å²) in [6, 6.07) is 7.87. The molecule has 0 saturated carbocycles. The van der Waals surface area contributed by atoms with Gasteiger partial charge in [-0.3, -0.25) is 4.79 Å². The lowest BCUT2D eigenvalue weighted by molar-refractivity contribution is -0.144. The molecule has 5 nitrogen and oxygen atoms in total. The summed E-state index contributed by atoms with van der Waals surface area (Å²) in [5, 5.41) is 0.726. The van der Waals surface area contributed by atoms with Crippen molar-refractivity contribution in [1.29, 1.82) is 0 Å². The van der Waals surface area contributed by atoms with Gasteiger partial charge in [-0.05, 0) is 37.0 Å². The molecule has 0 radical (unpaired) electrons. The number of benzene rings is 1. The summed E-state index contributed by atoms with van der Waals surface area (Å²) in [5.41, 5.74) is 3.44. The Hall–Kier alpha value is -1.85. The molecule has 0 saturated heterocycles. The maximum Gasteiger partial charge on any atom is 0.325 e. The fourth-order valence-corrected chi connectivity index (χ4v) is 3.78. The predicted octanol–water partition coefficient (Wildman–Crippen LogP) is 3.94. The molecule has 0 spiro atoms. The Balaban J connectivity index is 2.01. The Morgan fingerprint density at radius 2 is 2.12 bits per heavy atom. The Bertz CT molecular complexity index is 753. The Kier molecular flexibility index (Phi) is 5.45. The van der Waals surface area contributed by atoms with Gasteiger partial charge in [0.1, 0.15) is 5.82 Å². The molecule has 0 amide bonds. The highest BCUT2D eigenvalue weighted by Gasteiger charge is 2.30. The number of aryl methyl sites for hydroxylation is 1. The van der Waals surface area contributed by atoms with Crippen LogP contribution in [0.1, 0.15) is 67.7 Å².